The molecule has 0 amide bonds. The predicted molar refractivity (Wildman–Crippen MR) is 65.0 cm³/mol. The highest BCUT2D eigenvalue weighted by Gasteiger charge is 2.08. The highest BCUT2D eigenvalue weighted by molar-refractivity contribution is 6.40. The van der Waals surface area contributed by atoms with Crippen molar-refractivity contribution in [2.75, 3.05) is 0 Å². The van der Waals surface area contributed by atoms with E-state index in [1.165, 1.54) is 5.56 Å². The average Bonchev–Trinajstić information content (AvgIpc) is 2.60. The Bertz CT molecular complexity index is 434. The van der Waals surface area contributed by atoms with Crippen LogP contribution in [0.15, 0.2) is 34.7 Å². The molecule has 0 atom stereocenters. The molecule has 0 fully saturated rings. The predicted octanol–water partition coefficient (Wildman–Crippen LogP) is 4.16. The molecule has 0 spiro atoms. The fraction of sp³-hybridized carbons (Fsp3) is 0.250. The van der Waals surface area contributed by atoms with Gasteiger partial charge in [-0.2, -0.15) is 0 Å². The Kier molecular flexibility index (Phi) is 3.86. The number of nitrogens with zero attached hydrogens (tertiary/aromatic N) is 1. The molecule has 0 aliphatic heterocycles. The zero-order chi connectivity index (χ0) is 11.4. The maximum Gasteiger partial charge on any atom is 0.233 e. The number of aryl methyl sites for hydroxylation is 2. The minimum Gasteiger partial charge on any atom is -0.428 e. The Balaban J connectivity index is 1.84. The summed E-state index contributed by atoms with van der Waals surface area (Å²) >= 11 is 11.4. The van der Waals surface area contributed by atoms with Crippen LogP contribution in [0.4, 0.5) is 0 Å². The first-order chi connectivity index (χ1) is 7.75. The van der Waals surface area contributed by atoms with Gasteiger partial charge in [0.2, 0.25) is 5.22 Å². The number of benzene rings is 1. The minimum atomic E-state index is 0.177. The third kappa shape index (κ3) is 3.00. The standard InChI is InChI=1S/C12H11Cl2NO/c13-11-12(14)16-10(15-11)8-4-7-9-5-2-1-3-6-9/h1-3,5-6H,4,7-8H2. The Hall–Kier alpha value is -0.990. The lowest BCUT2D eigenvalue weighted by Crippen LogP contribution is -1.89. The Morgan fingerprint density at radius 3 is 2.44 bits per heavy atom. The quantitative estimate of drug-likeness (QED) is 0.820. The van der Waals surface area contributed by atoms with E-state index in [9.17, 15) is 0 Å². The fourth-order valence-electron chi connectivity index (χ4n) is 1.52. The lowest BCUT2D eigenvalue weighted by atomic mass is 10.1. The summed E-state index contributed by atoms with van der Waals surface area (Å²) in [5.41, 5.74) is 1.31. The number of hydrogen-bond acceptors (Lipinski definition) is 2. The Morgan fingerprint density at radius 1 is 1.06 bits per heavy atom. The zero-order valence-electron chi connectivity index (χ0n) is 8.62. The van der Waals surface area contributed by atoms with Crippen LogP contribution in [-0.4, -0.2) is 4.98 Å². The van der Waals surface area contributed by atoms with Gasteiger partial charge in [0.15, 0.2) is 11.0 Å². The summed E-state index contributed by atoms with van der Waals surface area (Å²) in [6.07, 6.45) is 2.72. The lowest BCUT2D eigenvalue weighted by Gasteiger charge is -1.98. The summed E-state index contributed by atoms with van der Waals surface area (Å²) < 4.78 is 5.17. The monoisotopic (exact) mass is 255 g/mol. The van der Waals surface area contributed by atoms with Crippen LogP contribution in [0.2, 0.25) is 10.4 Å². The smallest absolute Gasteiger partial charge is 0.233 e. The number of rotatable bonds is 4. The molecule has 84 valence electrons. The van der Waals surface area contributed by atoms with E-state index in [0.717, 1.165) is 19.3 Å². The first kappa shape index (κ1) is 11.5. The molecule has 2 rings (SSSR count). The molecule has 1 aromatic carbocycles. The second-order valence-corrected chi connectivity index (χ2v) is 4.21. The van der Waals surface area contributed by atoms with Crippen LogP contribution in [0, 0.1) is 0 Å². The van der Waals surface area contributed by atoms with E-state index in [1.54, 1.807) is 0 Å². The van der Waals surface area contributed by atoms with Gasteiger partial charge < -0.3 is 4.42 Å². The molecular weight excluding hydrogens is 245 g/mol. The van der Waals surface area contributed by atoms with Gasteiger partial charge in [0.05, 0.1) is 0 Å². The van der Waals surface area contributed by atoms with Gasteiger partial charge in [0.25, 0.3) is 0 Å². The van der Waals surface area contributed by atoms with Crippen molar-refractivity contribution in [3.63, 3.8) is 0 Å². The third-order valence-corrected chi connectivity index (χ3v) is 2.90. The van der Waals surface area contributed by atoms with Crippen LogP contribution >= 0.6 is 23.2 Å². The Morgan fingerprint density at radius 2 is 1.81 bits per heavy atom. The maximum atomic E-state index is 5.69. The van der Waals surface area contributed by atoms with Gasteiger partial charge in [-0.05, 0) is 30.0 Å². The van der Waals surface area contributed by atoms with Crippen LogP contribution in [0.3, 0.4) is 0 Å². The van der Waals surface area contributed by atoms with Crippen LogP contribution in [0.5, 0.6) is 0 Å². The van der Waals surface area contributed by atoms with E-state index in [-0.39, 0.29) is 10.4 Å². The van der Waals surface area contributed by atoms with Crippen molar-refractivity contribution < 1.29 is 4.42 Å². The summed E-state index contributed by atoms with van der Waals surface area (Å²) in [6.45, 7) is 0. The molecule has 0 N–H and O–H groups in total. The van der Waals surface area contributed by atoms with E-state index < -0.39 is 0 Å². The largest absolute Gasteiger partial charge is 0.428 e. The van der Waals surface area contributed by atoms with Crippen molar-refractivity contribution >= 4 is 23.2 Å². The van der Waals surface area contributed by atoms with E-state index in [4.69, 9.17) is 27.6 Å². The fourth-order valence-corrected chi connectivity index (χ4v) is 1.78. The van der Waals surface area contributed by atoms with Gasteiger partial charge in [-0.25, -0.2) is 4.98 Å². The van der Waals surface area contributed by atoms with Gasteiger partial charge in [0, 0.05) is 6.42 Å². The van der Waals surface area contributed by atoms with Gasteiger partial charge in [0.1, 0.15) is 0 Å². The van der Waals surface area contributed by atoms with Crippen molar-refractivity contribution in [3.05, 3.63) is 52.2 Å². The molecule has 16 heavy (non-hydrogen) atoms. The molecule has 0 aliphatic carbocycles. The topological polar surface area (TPSA) is 26.0 Å². The second-order valence-electron chi connectivity index (χ2n) is 3.51. The highest BCUT2D eigenvalue weighted by atomic mass is 35.5. The third-order valence-electron chi connectivity index (χ3n) is 2.29. The number of oxazole rings is 1. The lowest BCUT2D eigenvalue weighted by molar-refractivity contribution is 0.489. The maximum absolute atomic E-state index is 5.69. The van der Waals surface area contributed by atoms with E-state index in [2.05, 4.69) is 17.1 Å². The van der Waals surface area contributed by atoms with E-state index >= 15 is 0 Å². The number of halogens is 2. The normalized spacial score (nSPS) is 10.6. The Labute approximate surface area is 104 Å². The molecule has 1 aromatic heterocycles. The summed E-state index contributed by atoms with van der Waals surface area (Å²) in [5.74, 6) is 0.603. The molecule has 2 nitrogen and oxygen atoms in total. The molecule has 2 aromatic rings. The molecule has 0 aliphatic rings. The number of hydrogen-bond donors (Lipinski definition) is 0. The van der Waals surface area contributed by atoms with Crippen molar-refractivity contribution in [3.8, 4) is 0 Å². The van der Waals surface area contributed by atoms with Crippen molar-refractivity contribution in [2.24, 2.45) is 0 Å². The van der Waals surface area contributed by atoms with Gasteiger partial charge in [-0.3, -0.25) is 0 Å². The van der Waals surface area contributed by atoms with Gasteiger partial charge in [-0.1, -0.05) is 41.9 Å². The van der Waals surface area contributed by atoms with Crippen molar-refractivity contribution in [2.45, 2.75) is 19.3 Å². The summed E-state index contributed by atoms with van der Waals surface area (Å²) in [7, 11) is 0. The first-order valence-corrected chi connectivity index (χ1v) is 5.86. The van der Waals surface area contributed by atoms with Gasteiger partial charge >= 0.3 is 0 Å². The molecule has 1 heterocycles. The van der Waals surface area contributed by atoms with Gasteiger partial charge in [-0.15, -0.1) is 0 Å². The molecule has 0 unspecified atom stereocenters. The minimum absolute atomic E-state index is 0.177. The van der Waals surface area contributed by atoms with Crippen LogP contribution in [0.25, 0.3) is 0 Å². The van der Waals surface area contributed by atoms with Crippen LogP contribution in [0.1, 0.15) is 17.9 Å². The SMILES string of the molecule is Clc1nc(CCCc2ccccc2)oc1Cl. The summed E-state index contributed by atoms with van der Waals surface area (Å²) in [6, 6.07) is 10.3. The molecule has 0 bridgehead atoms. The van der Waals surface area contributed by atoms with Crippen LogP contribution < -0.4 is 0 Å². The molecule has 0 radical (unpaired) electrons. The van der Waals surface area contributed by atoms with E-state index in [1.807, 2.05) is 18.2 Å². The summed E-state index contributed by atoms with van der Waals surface area (Å²) in [4.78, 5) is 4.01. The first-order valence-electron chi connectivity index (χ1n) is 5.10. The zero-order valence-corrected chi connectivity index (χ0v) is 10.1. The molecule has 0 saturated heterocycles. The average molecular weight is 256 g/mol. The van der Waals surface area contributed by atoms with Crippen molar-refractivity contribution in [1.82, 2.24) is 4.98 Å². The van der Waals surface area contributed by atoms with Crippen molar-refractivity contribution in [1.29, 1.82) is 0 Å². The molecule has 4 heteroatoms. The van der Waals surface area contributed by atoms with E-state index in [0.29, 0.717) is 5.89 Å². The molecular formula is C12H11Cl2NO. The highest BCUT2D eigenvalue weighted by Crippen LogP contribution is 2.22. The molecule has 0 saturated carbocycles. The summed E-state index contributed by atoms with van der Waals surface area (Å²) in [5, 5.41) is 0.424. The second kappa shape index (κ2) is 5.37. The van der Waals surface area contributed by atoms with Crippen LogP contribution in [-0.2, 0) is 12.8 Å². The number of aromatic nitrogens is 1.